The molecule has 0 radical (unpaired) electrons. The second-order valence-electron chi connectivity index (χ2n) is 8.32. The minimum atomic E-state index is -1.29. The minimum Gasteiger partial charge on any atom is -0.507 e. The van der Waals surface area contributed by atoms with Crippen LogP contribution in [0.5, 0.6) is 11.5 Å². The fraction of sp³-hybridized carbons (Fsp3) is 0.455. The molecule has 0 fully saturated rings. The van der Waals surface area contributed by atoms with Gasteiger partial charge in [-0.15, -0.1) is 0 Å². The molecule has 2 rings (SSSR count). The summed E-state index contributed by atoms with van der Waals surface area (Å²) in [5, 5.41) is 19.8. The average molecular weight is 357 g/mol. The molecule has 2 nitrogen and oxygen atoms in total. The van der Waals surface area contributed by atoms with Crippen molar-refractivity contribution in [2.75, 3.05) is 0 Å². The van der Waals surface area contributed by atoms with Crippen molar-refractivity contribution in [3.63, 3.8) is 0 Å². The largest absolute Gasteiger partial charge is 0.507 e. The van der Waals surface area contributed by atoms with Gasteiger partial charge < -0.3 is 10.2 Å². The maximum atomic E-state index is 9.92. The van der Waals surface area contributed by atoms with Crippen molar-refractivity contribution in [2.45, 2.75) is 65.7 Å². The molecule has 0 aliphatic heterocycles. The highest BCUT2D eigenvalue weighted by atomic mass is 28.3. The smallest absolute Gasteiger partial charge is 0.121 e. The van der Waals surface area contributed by atoms with Gasteiger partial charge in [-0.3, -0.25) is 0 Å². The molecule has 0 heterocycles. The quantitative estimate of drug-likeness (QED) is 0.640. The fourth-order valence-electron chi connectivity index (χ4n) is 3.47. The summed E-state index contributed by atoms with van der Waals surface area (Å²) in [7, 11) is -1.29. The van der Waals surface area contributed by atoms with Gasteiger partial charge in [0.2, 0.25) is 0 Å². The molecule has 2 N–H and O–H groups in total. The summed E-state index contributed by atoms with van der Waals surface area (Å²) >= 11 is 0. The van der Waals surface area contributed by atoms with E-state index in [4.69, 9.17) is 0 Å². The van der Waals surface area contributed by atoms with Crippen LogP contribution in [0.4, 0.5) is 0 Å². The Morgan fingerprint density at radius 2 is 0.920 bits per heavy atom. The Kier molecular flexibility index (Phi) is 5.99. The van der Waals surface area contributed by atoms with Crippen LogP contribution in [0.3, 0.4) is 0 Å². The van der Waals surface area contributed by atoms with Crippen molar-refractivity contribution < 1.29 is 10.2 Å². The van der Waals surface area contributed by atoms with E-state index in [0.717, 1.165) is 35.1 Å². The Bertz CT molecular complexity index is 653. The summed E-state index contributed by atoms with van der Waals surface area (Å²) in [4.78, 5) is 0. The Hall–Kier alpha value is -1.74. The molecule has 0 aromatic heterocycles. The molecule has 0 saturated heterocycles. The Morgan fingerprint density at radius 1 is 0.640 bits per heavy atom. The number of rotatable bonds is 6. The third-order valence-corrected chi connectivity index (χ3v) is 8.49. The second kappa shape index (κ2) is 7.65. The minimum absolute atomic E-state index is 0.429. The van der Waals surface area contributed by atoms with Gasteiger partial charge in [0, 0.05) is 8.07 Å². The number of aromatic hydroxyl groups is 2. The van der Waals surface area contributed by atoms with Crippen molar-refractivity contribution in [3.05, 3.63) is 57.6 Å². The van der Waals surface area contributed by atoms with Crippen LogP contribution in [-0.4, -0.2) is 18.3 Å². The zero-order valence-electron chi connectivity index (χ0n) is 16.5. The molecule has 0 spiro atoms. The molecule has 0 bridgehead atoms. The van der Waals surface area contributed by atoms with E-state index >= 15 is 0 Å². The first-order valence-electron chi connectivity index (χ1n) is 9.17. The first kappa shape index (κ1) is 19.6. The van der Waals surface area contributed by atoms with Crippen LogP contribution < -0.4 is 0 Å². The van der Waals surface area contributed by atoms with E-state index in [9.17, 15) is 10.2 Å². The van der Waals surface area contributed by atoms with Gasteiger partial charge in [0.05, 0.1) is 0 Å². The van der Waals surface area contributed by atoms with Crippen LogP contribution in [0.1, 0.15) is 33.4 Å². The average Bonchev–Trinajstić information content (AvgIpc) is 2.53. The normalized spacial score (nSPS) is 11.8. The van der Waals surface area contributed by atoms with Gasteiger partial charge in [-0.25, -0.2) is 0 Å². The first-order valence-corrected chi connectivity index (χ1v) is 12.6. The summed E-state index contributed by atoms with van der Waals surface area (Å²) in [6, 6.07) is 11.0. The molecule has 0 aliphatic rings. The molecule has 3 heteroatoms. The van der Waals surface area contributed by atoms with Gasteiger partial charge in [-0.1, -0.05) is 49.4 Å². The molecule has 2 aromatic carbocycles. The summed E-state index contributed by atoms with van der Waals surface area (Å²) in [5.74, 6) is 0.858. The van der Waals surface area contributed by atoms with Crippen LogP contribution in [-0.2, 0) is 12.8 Å². The molecule has 0 saturated carbocycles. The Labute approximate surface area is 153 Å². The van der Waals surface area contributed by atoms with Crippen LogP contribution in [0, 0.1) is 27.7 Å². The van der Waals surface area contributed by atoms with Crippen molar-refractivity contribution in [3.8, 4) is 11.5 Å². The second-order valence-corrected chi connectivity index (χ2v) is 13.6. The zero-order valence-corrected chi connectivity index (χ0v) is 17.5. The number of phenols is 2. The number of hydrogen-bond acceptors (Lipinski definition) is 2. The lowest BCUT2D eigenvalue weighted by molar-refractivity contribution is 0.466. The standard InChI is InChI=1S/C22H32O2Si/c1-15-11-19(12-16(2)21(15)23)7-9-25(5,6)10-8-20-13-17(3)22(24)18(4)14-20/h11-14,23-24H,7-10H2,1-6H3. The predicted molar refractivity (Wildman–Crippen MR) is 110 cm³/mol. The van der Waals surface area contributed by atoms with E-state index in [1.165, 1.54) is 23.2 Å². The third-order valence-electron chi connectivity index (χ3n) is 5.28. The van der Waals surface area contributed by atoms with E-state index < -0.39 is 8.07 Å². The lowest BCUT2D eigenvalue weighted by atomic mass is 10.0. The molecule has 25 heavy (non-hydrogen) atoms. The monoisotopic (exact) mass is 356 g/mol. The highest BCUT2D eigenvalue weighted by molar-refractivity contribution is 6.77. The fourth-order valence-corrected chi connectivity index (χ4v) is 5.65. The Balaban J connectivity index is 1.98. The van der Waals surface area contributed by atoms with Crippen LogP contribution in [0.2, 0.25) is 25.2 Å². The van der Waals surface area contributed by atoms with E-state index in [1.54, 1.807) is 0 Å². The number of hydrogen-bond donors (Lipinski definition) is 2. The van der Waals surface area contributed by atoms with Crippen LogP contribution >= 0.6 is 0 Å². The molecule has 0 amide bonds. The van der Waals surface area contributed by atoms with Crippen LogP contribution in [0.25, 0.3) is 0 Å². The summed E-state index contributed by atoms with van der Waals surface area (Å²) in [5.41, 5.74) is 6.58. The van der Waals surface area contributed by atoms with Gasteiger partial charge in [0.15, 0.2) is 0 Å². The van der Waals surface area contributed by atoms with E-state index in [-0.39, 0.29) is 0 Å². The molecule has 0 aliphatic carbocycles. The molecule has 0 atom stereocenters. The summed E-state index contributed by atoms with van der Waals surface area (Å²) < 4.78 is 0. The summed E-state index contributed by atoms with van der Waals surface area (Å²) in [6.07, 6.45) is 2.18. The molecule has 0 unspecified atom stereocenters. The zero-order chi connectivity index (χ0) is 18.8. The van der Waals surface area contributed by atoms with E-state index in [2.05, 4.69) is 37.4 Å². The predicted octanol–water partition coefficient (Wildman–Crippen LogP) is 5.83. The number of benzene rings is 2. The third kappa shape index (κ3) is 5.11. The number of aryl methyl sites for hydroxylation is 6. The highest BCUT2D eigenvalue weighted by Crippen LogP contribution is 2.28. The van der Waals surface area contributed by atoms with Crippen molar-refractivity contribution in [1.82, 2.24) is 0 Å². The molecular formula is C22H32O2Si. The van der Waals surface area contributed by atoms with Gasteiger partial charge in [0.1, 0.15) is 11.5 Å². The van der Waals surface area contributed by atoms with Gasteiger partial charge >= 0.3 is 0 Å². The SMILES string of the molecule is Cc1cc(CC[Si](C)(C)CCc2cc(C)c(O)c(C)c2)cc(C)c1O. The Morgan fingerprint density at radius 3 is 1.20 bits per heavy atom. The lowest BCUT2D eigenvalue weighted by Crippen LogP contribution is -2.26. The molecular weight excluding hydrogens is 324 g/mol. The highest BCUT2D eigenvalue weighted by Gasteiger charge is 2.21. The topological polar surface area (TPSA) is 40.5 Å². The van der Waals surface area contributed by atoms with Crippen molar-refractivity contribution in [1.29, 1.82) is 0 Å². The lowest BCUT2D eigenvalue weighted by Gasteiger charge is -2.23. The van der Waals surface area contributed by atoms with E-state index in [1.807, 2.05) is 27.7 Å². The van der Waals surface area contributed by atoms with Gasteiger partial charge in [-0.05, 0) is 73.9 Å². The summed E-state index contributed by atoms with van der Waals surface area (Å²) in [6.45, 7) is 12.8. The first-order chi connectivity index (χ1) is 11.6. The maximum Gasteiger partial charge on any atom is 0.121 e. The molecule has 136 valence electrons. The van der Waals surface area contributed by atoms with Crippen LogP contribution in [0.15, 0.2) is 24.3 Å². The maximum absolute atomic E-state index is 9.92. The van der Waals surface area contributed by atoms with Crippen molar-refractivity contribution in [2.24, 2.45) is 0 Å². The van der Waals surface area contributed by atoms with Gasteiger partial charge in [-0.2, -0.15) is 0 Å². The molecule has 2 aromatic rings. The van der Waals surface area contributed by atoms with Gasteiger partial charge in [0.25, 0.3) is 0 Å². The van der Waals surface area contributed by atoms with Crippen molar-refractivity contribution >= 4 is 8.07 Å². The van der Waals surface area contributed by atoms with E-state index in [0.29, 0.717) is 11.5 Å². The number of phenolic OH excluding ortho intramolecular Hbond substituents is 2.